The summed E-state index contributed by atoms with van der Waals surface area (Å²) in [6.45, 7) is 2.43. The third-order valence-corrected chi connectivity index (χ3v) is 5.13. The van der Waals surface area contributed by atoms with E-state index < -0.39 is 10.8 Å². The predicted molar refractivity (Wildman–Crippen MR) is 108 cm³/mol. The van der Waals surface area contributed by atoms with Crippen LogP contribution >= 0.6 is 39.1 Å². The van der Waals surface area contributed by atoms with Crippen molar-refractivity contribution in [3.63, 3.8) is 0 Å². The summed E-state index contributed by atoms with van der Waals surface area (Å²) in [7, 11) is 0. The van der Waals surface area contributed by atoms with Crippen molar-refractivity contribution in [3.05, 3.63) is 66.5 Å². The second-order valence-corrected chi connectivity index (χ2v) is 7.35. The molecule has 0 fully saturated rings. The number of carbonyl (C=O) groups is 1. The third kappa shape index (κ3) is 4.18. The third-order valence-electron chi connectivity index (χ3n) is 3.81. The number of halogens is 3. The van der Waals surface area contributed by atoms with E-state index in [1.165, 1.54) is 4.68 Å². The molecule has 0 saturated carbocycles. The summed E-state index contributed by atoms with van der Waals surface area (Å²) >= 11 is 15.3. The Labute approximate surface area is 177 Å². The lowest BCUT2D eigenvalue weighted by atomic mass is 10.2. The number of aryl methyl sites for hydroxylation is 1. The summed E-state index contributed by atoms with van der Waals surface area (Å²) in [4.78, 5) is 23.1. The van der Waals surface area contributed by atoms with E-state index in [0.717, 1.165) is 11.8 Å². The van der Waals surface area contributed by atoms with Crippen LogP contribution in [-0.2, 0) is 13.1 Å². The molecule has 0 spiro atoms. The van der Waals surface area contributed by atoms with E-state index >= 15 is 0 Å². The van der Waals surface area contributed by atoms with E-state index in [2.05, 4.69) is 31.4 Å². The van der Waals surface area contributed by atoms with Crippen molar-refractivity contribution < 1.29 is 9.72 Å². The first kappa shape index (κ1) is 20.3. The van der Waals surface area contributed by atoms with E-state index in [4.69, 9.17) is 23.2 Å². The molecule has 146 valence electrons. The van der Waals surface area contributed by atoms with Crippen LogP contribution in [0.3, 0.4) is 0 Å². The molecule has 12 heteroatoms. The number of hydrogen-bond donors (Lipinski definition) is 1. The Morgan fingerprint density at radius 1 is 1.36 bits per heavy atom. The fourth-order valence-electron chi connectivity index (χ4n) is 2.54. The molecule has 2 heterocycles. The SMILES string of the molecule is CCn1ncc([N+](=O)[O-])c1C(=O)Nc1nn(Cc2ccc(Cl)c(Cl)c2)cc1Br. The minimum absolute atomic E-state index is 0.140. The van der Waals surface area contributed by atoms with Crippen LogP contribution in [-0.4, -0.2) is 30.4 Å². The summed E-state index contributed by atoms with van der Waals surface area (Å²) in [5.41, 5.74) is 0.353. The van der Waals surface area contributed by atoms with Gasteiger partial charge in [0.2, 0.25) is 5.69 Å². The van der Waals surface area contributed by atoms with Crippen LogP contribution in [0.1, 0.15) is 23.0 Å². The lowest BCUT2D eigenvalue weighted by Crippen LogP contribution is -2.19. The maximum Gasteiger partial charge on any atom is 0.320 e. The van der Waals surface area contributed by atoms with Gasteiger partial charge in [0, 0.05) is 12.7 Å². The van der Waals surface area contributed by atoms with Crippen LogP contribution in [0.4, 0.5) is 11.5 Å². The Kier molecular flexibility index (Phi) is 6.01. The topological polar surface area (TPSA) is 108 Å². The largest absolute Gasteiger partial charge is 0.320 e. The molecule has 2 aromatic heterocycles. The van der Waals surface area contributed by atoms with Gasteiger partial charge in [-0.3, -0.25) is 24.3 Å². The van der Waals surface area contributed by atoms with Gasteiger partial charge in [-0.05, 0) is 40.5 Å². The molecule has 0 aliphatic carbocycles. The molecule has 0 aliphatic rings. The maximum absolute atomic E-state index is 12.6. The summed E-state index contributed by atoms with van der Waals surface area (Å²) in [5.74, 6) is -0.449. The first-order valence-corrected chi connectivity index (χ1v) is 9.53. The van der Waals surface area contributed by atoms with Crippen molar-refractivity contribution in [1.82, 2.24) is 19.6 Å². The minimum atomic E-state index is -0.675. The molecule has 3 aromatic rings. The monoisotopic (exact) mass is 486 g/mol. The fourth-order valence-corrected chi connectivity index (χ4v) is 3.27. The van der Waals surface area contributed by atoms with Crippen LogP contribution in [0.5, 0.6) is 0 Å². The Morgan fingerprint density at radius 2 is 2.11 bits per heavy atom. The molecule has 3 rings (SSSR count). The lowest BCUT2D eigenvalue weighted by Gasteiger charge is -2.05. The van der Waals surface area contributed by atoms with Gasteiger partial charge in [-0.25, -0.2) is 0 Å². The predicted octanol–water partition coefficient (Wildman–Crippen LogP) is 4.38. The lowest BCUT2D eigenvalue weighted by molar-refractivity contribution is -0.385. The van der Waals surface area contributed by atoms with Crippen LogP contribution in [0.15, 0.2) is 35.1 Å². The highest BCUT2D eigenvalue weighted by atomic mass is 79.9. The highest BCUT2D eigenvalue weighted by Gasteiger charge is 2.27. The number of nitro groups is 1. The number of rotatable bonds is 6. The standard InChI is InChI=1S/C16H13BrCl2N6O3/c1-2-24-14(13(6-20-24)25(27)28)16(26)21-15-10(17)8-23(22-15)7-9-3-4-11(18)12(19)5-9/h3-6,8H,2,7H2,1H3,(H,21,22,26). The van der Waals surface area contributed by atoms with Crippen molar-refractivity contribution in [1.29, 1.82) is 0 Å². The maximum atomic E-state index is 12.6. The van der Waals surface area contributed by atoms with Gasteiger partial charge >= 0.3 is 5.69 Å². The second-order valence-electron chi connectivity index (χ2n) is 5.68. The molecule has 0 unspecified atom stereocenters. The van der Waals surface area contributed by atoms with Gasteiger partial charge in [-0.1, -0.05) is 29.3 Å². The Hall–Kier alpha value is -2.43. The summed E-state index contributed by atoms with van der Waals surface area (Å²) in [6.07, 6.45) is 2.72. The average Bonchev–Trinajstić information content (AvgIpc) is 3.22. The van der Waals surface area contributed by atoms with E-state index in [1.807, 2.05) is 6.07 Å². The highest BCUT2D eigenvalue weighted by molar-refractivity contribution is 9.10. The number of hydrogen-bond acceptors (Lipinski definition) is 5. The Morgan fingerprint density at radius 3 is 2.75 bits per heavy atom. The molecule has 0 aliphatic heterocycles. The van der Waals surface area contributed by atoms with Gasteiger partial charge in [0.15, 0.2) is 5.82 Å². The molecule has 0 radical (unpaired) electrons. The van der Waals surface area contributed by atoms with Crippen molar-refractivity contribution in [2.45, 2.75) is 20.0 Å². The van der Waals surface area contributed by atoms with Crippen molar-refractivity contribution in [2.75, 3.05) is 5.32 Å². The molecule has 9 nitrogen and oxygen atoms in total. The number of nitrogens with zero attached hydrogens (tertiary/aromatic N) is 5. The molecular weight excluding hydrogens is 475 g/mol. The number of aromatic nitrogens is 4. The van der Waals surface area contributed by atoms with Gasteiger partial charge in [0.25, 0.3) is 5.91 Å². The van der Waals surface area contributed by atoms with E-state index in [9.17, 15) is 14.9 Å². The fraction of sp³-hybridized carbons (Fsp3) is 0.188. The van der Waals surface area contributed by atoms with Crippen LogP contribution < -0.4 is 5.32 Å². The molecule has 1 N–H and O–H groups in total. The smallest absolute Gasteiger partial charge is 0.303 e. The van der Waals surface area contributed by atoms with Crippen molar-refractivity contribution in [2.24, 2.45) is 0 Å². The second kappa shape index (κ2) is 8.29. The molecule has 1 amide bonds. The van der Waals surface area contributed by atoms with E-state index in [0.29, 0.717) is 27.6 Å². The zero-order chi connectivity index (χ0) is 20.4. The number of nitrogens with one attached hydrogen (secondary N) is 1. The Balaban J connectivity index is 1.82. The minimum Gasteiger partial charge on any atom is -0.303 e. The van der Waals surface area contributed by atoms with Crippen molar-refractivity contribution in [3.8, 4) is 0 Å². The molecule has 28 heavy (non-hydrogen) atoms. The summed E-state index contributed by atoms with van der Waals surface area (Å²) < 4.78 is 3.37. The average molecular weight is 488 g/mol. The number of carbonyl (C=O) groups excluding carboxylic acids is 1. The summed E-state index contributed by atoms with van der Waals surface area (Å²) in [6, 6.07) is 5.22. The quantitative estimate of drug-likeness (QED) is 0.410. The first-order chi connectivity index (χ1) is 13.3. The van der Waals surface area contributed by atoms with Gasteiger partial charge in [0.1, 0.15) is 6.20 Å². The number of anilines is 1. The molecule has 0 saturated heterocycles. The molecule has 1 aromatic carbocycles. The van der Waals surface area contributed by atoms with E-state index in [-0.39, 0.29) is 17.2 Å². The van der Waals surface area contributed by atoms with Gasteiger partial charge in [-0.2, -0.15) is 10.2 Å². The van der Waals surface area contributed by atoms with E-state index in [1.54, 1.807) is 29.9 Å². The molecule has 0 atom stereocenters. The first-order valence-electron chi connectivity index (χ1n) is 7.98. The van der Waals surface area contributed by atoms with Gasteiger partial charge in [-0.15, -0.1) is 0 Å². The van der Waals surface area contributed by atoms with Crippen molar-refractivity contribution >= 4 is 56.5 Å². The zero-order valence-electron chi connectivity index (χ0n) is 14.4. The van der Waals surface area contributed by atoms with Gasteiger partial charge in [0.05, 0.1) is 26.0 Å². The van der Waals surface area contributed by atoms with Gasteiger partial charge < -0.3 is 5.32 Å². The zero-order valence-corrected chi connectivity index (χ0v) is 17.5. The van der Waals surface area contributed by atoms with Crippen LogP contribution in [0, 0.1) is 10.1 Å². The number of amides is 1. The van der Waals surface area contributed by atoms with Crippen LogP contribution in [0.2, 0.25) is 10.0 Å². The normalized spacial score (nSPS) is 10.9. The molecular formula is C16H13BrCl2N6O3. The summed E-state index contributed by atoms with van der Waals surface area (Å²) in [5, 5.41) is 22.8. The molecule has 0 bridgehead atoms. The highest BCUT2D eigenvalue weighted by Crippen LogP contribution is 2.26. The number of benzene rings is 1. The van der Waals surface area contributed by atoms with Crippen LogP contribution in [0.25, 0.3) is 0 Å². The Bertz CT molecular complexity index is 1060.